The first-order valence-corrected chi connectivity index (χ1v) is 5.43. The number of hydrogen-bond acceptors (Lipinski definition) is 3. The van der Waals surface area contributed by atoms with E-state index in [-0.39, 0.29) is 11.8 Å². The summed E-state index contributed by atoms with van der Waals surface area (Å²) in [5, 5.41) is 0. The number of rotatable bonds is 4. The third-order valence-corrected chi connectivity index (χ3v) is 2.59. The molecule has 0 aromatic rings. The lowest BCUT2D eigenvalue weighted by Crippen LogP contribution is -2.32. The highest BCUT2D eigenvalue weighted by atomic mass is 16.5. The molecule has 1 radical (unpaired) electrons. The van der Waals surface area contributed by atoms with Crippen molar-refractivity contribution in [3.63, 3.8) is 0 Å². The summed E-state index contributed by atoms with van der Waals surface area (Å²) in [6.45, 7) is 0.722. The number of carbonyl (C=O) groups excluding carboxylic acids is 2. The molecule has 0 bridgehead atoms. The van der Waals surface area contributed by atoms with Crippen LogP contribution in [0.25, 0.3) is 0 Å². The van der Waals surface area contributed by atoms with Crippen molar-refractivity contribution in [3.05, 3.63) is 30.4 Å². The van der Waals surface area contributed by atoms with Crippen LogP contribution in [0.3, 0.4) is 0 Å². The van der Waals surface area contributed by atoms with E-state index in [1.165, 1.54) is 4.90 Å². The first-order chi connectivity index (χ1) is 7.77. The zero-order valence-corrected chi connectivity index (χ0v) is 9.02. The molecule has 2 aliphatic rings. The lowest BCUT2D eigenvalue weighted by molar-refractivity contribution is -0.138. The normalized spacial score (nSPS) is 20.2. The van der Waals surface area contributed by atoms with E-state index in [0.29, 0.717) is 26.0 Å². The van der Waals surface area contributed by atoms with Gasteiger partial charge in [-0.3, -0.25) is 14.5 Å². The van der Waals surface area contributed by atoms with Crippen molar-refractivity contribution in [2.24, 2.45) is 0 Å². The van der Waals surface area contributed by atoms with Gasteiger partial charge in [0.25, 0.3) is 0 Å². The maximum Gasteiger partial charge on any atom is 0.229 e. The first kappa shape index (κ1) is 10.9. The van der Waals surface area contributed by atoms with Crippen molar-refractivity contribution in [2.45, 2.75) is 19.3 Å². The first-order valence-electron chi connectivity index (χ1n) is 5.43. The highest BCUT2D eigenvalue weighted by Crippen LogP contribution is 2.13. The molecule has 1 heterocycles. The second-order valence-corrected chi connectivity index (χ2v) is 3.72. The summed E-state index contributed by atoms with van der Waals surface area (Å²) in [5.74, 6) is 0.631. The molecule has 0 unspecified atom stereocenters. The number of likely N-dealkylation sites (tertiary alicyclic amines) is 1. The summed E-state index contributed by atoms with van der Waals surface area (Å²) in [6.07, 6.45) is 9.35. The molecule has 0 N–H and O–H groups in total. The van der Waals surface area contributed by atoms with E-state index < -0.39 is 0 Å². The van der Waals surface area contributed by atoms with Gasteiger partial charge in [-0.1, -0.05) is 6.08 Å². The maximum absolute atomic E-state index is 11.3. The van der Waals surface area contributed by atoms with Gasteiger partial charge in [0.2, 0.25) is 11.8 Å². The molecule has 85 valence electrons. The fourth-order valence-corrected chi connectivity index (χ4v) is 1.73. The molecule has 1 aliphatic carbocycles. The molecule has 1 fully saturated rings. The summed E-state index contributed by atoms with van der Waals surface area (Å²) >= 11 is 0. The highest BCUT2D eigenvalue weighted by Gasteiger charge is 2.28. The van der Waals surface area contributed by atoms with Crippen LogP contribution in [-0.4, -0.2) is 29.9 Å². The molecule has 2 rings (SSSR count). The smallest absolute Gasteiger partial charge is 0.229 e. The lowest BCUT2D eigenvalue weighted by atomic mass is 10.2. The molecule has 0 atom stereocenters. The van der Waals surface area contributed by atoms with Crippen LogP contribution < -0.4 is 0 Å². The van der Waals surface area contributed by atoms with E-state index >= 15 is 0 Å². The van der Waals surface area contributed by atoms with Crippen molar-refractivity contribution < 1.29 is 14.3 Å². The number of hydrogen-bond donors (Lipinski definition) is 0. The molecule has 1 saturated heterocycles. The second-order valence-electron chi connectivity index (χ2n) is 3.72. The van der Waals surface area contributed by atoms with Gasteiger partial charge in [-0.15, -0.1) is 0 Å². The number of ether oxygens (including phenoxy) is 1. The molecule has 0 saturated carbocycles. The Balaban J connectivity index is 1.75. The largest absolute Gasteiger partial charge is 0.492 e. The van der Waals surface area contributed by atoms with Crippen LogP contribution >= 0.6 is 0 Å². The van der Waals surface area contributed by atoms with E-state index in [0.717, 1.165) is 12.2 Å². The molecular weight excluding hydrogens is 206 g/mol. The number of imide groups is 1. The summed E-state index contributed by atoms with van der Waals surface area (Å²) in [6, 6.07) is 0. The van der Waals surface area contributed by atoms with Gasteiger partial charge in [0, 0.05) is 12.8 Å². The predicted molar refractivity (Wildman–Crippen MR) is 58.0 cm³/mol. The van der Waals surface area contributed by atoms with Crippen LogP contribution in [0.4, 0.5) is 0 Å². The molecule has 4 nitrogen and oxygen atoms in total. The topological polar surface area (TPSA) is 46.6 Å². The van der Waals surface area contributed by atoms with Gasteiger partial charge in [-0.25, -0.2) is 0 Å². The van der Waals surface area contributed by atoms with E-state index in [2.05, 4.69) is 0 Å². The van der Waals surface area contributed by atoms with Crippen LogP contribution in [0.1, 0.15) is 19.3 Å². The maximum atomic E-state index is 11.3. The monoisotopic (exact) mass is 220 g/mol. The van der Waals surface area contributed by atoms with Crippen LogP contribution in [-0.2, 0) is 14.3 Å². The molecule has 16 heavy (non-hydrogen) atoms. The Labute approximate surface area is 94.6 Å². The quantitative estimate of drug-likeness (QED) is 0.669. The predicted octanol–water partition coefficient (Wildman–Crippen LogP) is 1.20. The number of carbonyl (C=O) groups is 2. The van der Waals surface area contributed by atoms with Gasteiger partial charge in [0.05, 0.1) is 6.54 Å². The Kier molecular flexibility index (Phi) is 3.39. The average molecular weight is 220 g/mol. The molecule has 0 aromatic heterocycles. The van der Waals surface area contributed by atoms with E-state index in [9.17, 15) is 9.59 Å². The molecule has 4 heteroatoms. The fourth-order valence-electron chi connectivity index (χ4n) is 1.73. The van der Waals surface area contributed by atoms with Crippen LogP contribution in [0.5, 0.6) is 0 Å². The summed E-state index contributed by atoms with van der Waals surface area (Å²) in [5.41, 5.74) is 0. The van der Waals surface area contributed by atoms with Crippen molar-refractivity contribution in [2.75, 3.05) is 13.2 Å². The van der Waals surface area contributed by atoms with Gasteiger partial charge in [0.15, 0.2) is 0 Å². The van der Waals surface area contributed by atoms with Gasteiger partial charge in [0.1, 0.15) is 12.4 Å². The Morgan fingerprint density at radius 3 is 2.62 bits per heavy atom. The average Bonchev–Trinajstić information content (AvgIpc) is 2.62. The van der Waals surface area contributed by atoms with E-state index in [1.54, 1.807) is 0 Å². The van der Waals surface area contributed by atoms with Crippen LogP contribution in [0.2, 0.25) is 0 Å². The Bertz CT molecular complexity index is 341. The Morgan fingerprint density at radius 1 is 1.25 bits per heavy atom. The lowest BCUT2D eigenvalue weighted by Gasteiger charge is -2.15. The molecule has 0 aromatic carbocycles. The number of nitrogens with zero attached hydrogens (tertiary/aromatic N) is 1. The number of allylic oxidation sites excluding steroid dienone is 3. The third-order valence-electron chi connectivity index (χ3n) is 2.59. The Morgan fingerprint density at radius 2 is 2.00 bits per heavy atom. The fraction of sp³-hybridized carbons (Fsp3) is 0.417. The second kappa shape index (κ2) is 4.96. The molecule has 0 spiro atoms. The van der Waals surface area contributed by atoms with E-state index in [1.807, 2.05) is 24.6 Å². The summed E-state index contributed by atoms with van der Waals surface area (Å²) in [4.78, 5) is 23.8. The zero-order valence-electron chi connectivity index (χ0n) is 9.02. The third kappa shape index (κ3) is 2.51. The zero-order chi connectivity index (χ0) is 11.4. The van der Waals surface area contributed by atoms with Gasteiger partial charge in [-0.2, -0.15) is 0 Å². The van der Waals surface area contributed by atoms with Crippen molar-refractivity contribution in [1.29, 1.82) is 0 Å². The van der Waals surface area contributed by atoms with Gasteiger partial charge < -0.3 is 4.74 Å². The minimum atomic E-state index is -0.0879. The SMILES string of the molecule is O=C1CCC(=O)N1CCOC1=CC[CH]C=C1. The summed E-state index contributed by atoms with van der Waals surface area (Å²) in [7, 11) is 0. The minimum absolute atomic E-state index is 0.0879. The molecular formula is C12H14NO3. The molecule has 1 aliphatic heterocycles. The number of amides is 2. The van der Waals surface area contributed by atoms with Crippen LogP contribution in [0.15, 0.2) is 24.0 Å². The highest BCUT2D eigenvalue weighted by molar-refractivity contribution is 6.01. The van der Waals surface area contributed by atoms with Crippen LogP contribution in [0, 0.1) is 6.42 Å². The van der Waals surface area contributed by atoms with E-state index in [4.69, 9.17) is 4.74 Å². The van der Waals surface area contributed by atoms with Crippen molar-refractivity contribution in [3.8, 4) is 0 Å². The van der Waals surface area contributed by atoms with Crippen molar-refractivity contribution in [1.82, 2.24) is 4.90 Å². The van der Waals surface area contributed by atoms with Crippen molar-refractivity contribution >= 4 is 11.8 Å². The Hall–Kier alpha value is -1.58. The standard InChI is InChI=1S/C12H14NO3/c14-11-6-7-12(15)13(11)8-9-16-10-4-2-1-3-5-10/h1-2,4-5H,3,6-9H2. The minimum Gasteiger partial charge on any atom is -0.492 e. The summed E-state index contributed by atoms with van der Waals surface area (Å²) < 4.78 is 5.45. The van der Waals surface area contributed by atoms with Gasteiger partial charge >= 0.3 is 0 Å². The van der Waals surface area contributed by atoms with Gasteiger partial charge in [-0.05, 0) is 25.0 Å². The molecule has 2 amide bonds.